The van der Waals surface area contributed by atoms with E-state index in [2.05, 4.69) is 10.4 Å². The van der Waals surface area contributed by atoms with Gasteiger partial charge in [0.25, 0.3) is 5.91 Å². The number of para-hydroxylation sites is 1. The van der Waals surface area contributed by atoms with Crippen molar-refractivity contribution in [2.45, 2.75) is 18.4 Å². The number of carbonyl (C=O) groups is 1. The van der Waals surface area contributed by atoms with Gasteiger partial charge >= 0.3 is 0 Å². The van der Waals surface area contributed by atoms with Crippen LogP contribution < -0.4 is 10.1 Å². The number of anilines is 1. The van der Waals surface area contributed by atoms with E-state index < -0.39 is 0 Å². The van der Waals surface area contributed by atoms with Crippen LogP contribution in [0.15, 0.2) is 48.5 Å². The lowest BCUT2D eigenvalue weighted by atomic mass is 10.2. The number of aryl methyl sites for hydroxylation is 1. The molecule has 27 heavy (non-hydrogen) atoms. The molecule has 4 rings (SSSR count). The molecule has 0 bridgehead atoms. The van der Waals surface area contributed by atoms with E-state index >= 15 is 0 Å². The van der Waals surface area contributed by atoms with Crippen molar-refractivity contribution in [3.8, 4) is 11.4 Å². The predicted octanol–water partition coefficient (Wildman–Crippen LogP) is 4.60. The molecule has 0 unspecified atom stereocenters. The van der Waals surface area contributed by atoms with E-state index in [0.717, 1.165) is 34.0 Å². The predicted molar refractivity (Wildman–Crippen MR) is 109 cm³/mol. The summed E-state index contributed by atoms with van der Waals surface area (Å²) in [5.74, 6) is 2.87. The van der Waals surface area contributed by atoms with E-state index in [1.165, 1.54) is 0 Å². The zero-order chi connectivity index (χ0) is 18.8. The summed E-state index contributed by atoms with van der Waals surface area (Å²) in [7, 11) is 0. The molecule has 7 heteroatoms. The van der Waals surface area contributed by atoms with Gasteiger partial charge in [-0.05, 0) is 42.8 Å². The molecular weight excluding hydrogens is 382 g/mol. The monoisotopic (exact) mass is 399 g/mol. The molecule has 0 radical (unpaired) electrons. The first-order chi connectivity index (χ1) is 13.1. The van der Waals surface area contributed by atoms with Gasteiger partial charge in [-0.1, -0.05) is 29.8 Å². The van der Waals surface area contributed by atoms with Gasteiger partial charge in [-0.15, -0.1) is 0 Å². The van der Waals surface area contributed by atoms with Gasteiger partial charge in [0, 0.05) is 22.1 Å². The van der Waals surface area contributed by atoms with Gasteiger partial charge in [0.15, 0.2) is 6.61 Å². The second kappa shape index (κ2) is 7.66. The van der Waals surface area contributed by atoms with Gasteiger partial charge in [0.05, 0.1) is 11.4 Å². The number of ether oxygens (including phenoxy) is 1. The van der Waals surface area contributed by atoms with E-state index in [1.54, 1.807) is 16.4 Å². The van der Waals surface area contributed by atoms with Crippen LogP contribution >= 0.6 is 23.4 Å². The lowest BCUT2D eigenvalue weighted by Gasteiger charge is -2.12. The minimum atomic E-state index is -0.215. The van der Waals surface area contributed by atoms with Gasteiger partial charge in [-0.25, -0.2) is 4.68 Å². The number of amides is 1. The molecule has 1 aliphatic heterocycles. The molecular formula is C20H18ClN3O2S. The summed E-state index contributed by atoms with van der Waals surface area (Å²) >= 11 is 7.78. The maximum absolute atomic E-state index is 12.5. The molecule has 0 saturated carbocycles. The number of nitrogens with one attached hydrogen (secondary N) is 1. The molecule has 1 aromatic heterocycles. The largest absolute Gasteiger partial charge is 0.483 e. The quantitative estimate of drug-likeness (QED) is 0.681. The zero-order valence-electron chi connectivity index (χ0n) is 14.7. The van der Waals surface area contributed by atoms with Gasteiger partial charge in [-0.3, -0.25) is 4.79 Å². The molecule has 5 nitrogen and oxygen atoms in total. The number of thioether (sulfide) groups is 1. The van der Waals surface area contributed by atoms with Crippen LogP contribution in [-0.4, -0.2) is 22.3 Å². The van der Waals surface area contributed by atoms with E-state index in [-0.39, 0.29) is 12.5 Å². The minimum absolute atomic E-state index is 0.0570. The summed E-state index contributed by atoms with van der Waals surface area (Å²) in [6.07, 6.45) is 0. The molecule has 0 saturated heterocycles. The van der Waals surface area contributed by atoms with E-state index in [9.17, 15) is 4.79 Å². The summed E-state index contributed by atoms with van der Waals surface area (Å²) < 4.78 is 7.43. The Hall–Kier alpha value is -2.44. The highest BCUT2D eigenvalue weighted by Gasteiger charge is 2.24. The number of carbonyl (C=O) groups excluding carboxylic acids is 1. The fourth-order valence-corrected chi connectivity index (χ4v) is 4.10. The van der Waals surface area contributed by atoms with Crippen molar-refractivity contribution in [2.75, 3.05) is 11.9 Å². The van der Waals surface area contributed by atoms with E-state index in [0.29, 0.717) is 16.6 Å². The summed E-state index contributed by atoms with van der Waals surface area (Å²) in [6, 6.07) is 15.0. The molecule has 2 aromatic carbocycles. The fourth-order valence-electron chi connectivity index (χ4n) is 2.94. The Morgan fingerprint density at radius 3 is 2.78 bits per heavy atom. The van der Waals surface area contributed by atoms with Crippen molar-refractivity contribution < 1.29 is 9.53 Å². The molecule has 0 fully saturated rings. The van der Waals surface area contributed by atoms with Crippen molar-refractivity contribution in [1.29, 1.82) is 0 Å². The standard InChI is InChI=1S/C20H18ClN3O2S/c1-13-4-2-3-5-18(13)26-10-19(25)22-20-16-11-27-12-17(16)23-24(20)15-8-6-14(21)7-9-15/h2-9H,10-12H2,1H3,(H,22,25). The number of benzene rings is 2. The highest BCUT2D eigenvalue weighted by molar-refractivity contribution is 7.98. The minimum Gasteiger partial charge on any atom is -0.483 e. The van der Waals surface area contributed by atoms with Crippen molar-refractivity contribution >= 4 is 35.1 Å². The third-order valence-corrected chi connectivity index (χ3v) is 5.56. The smallest absolute Gasteiger partial charge is 0.263 e. The molecule has 2 heterocycles. The Labute approximate surface area is 166 Å². The number of halogens is 1. The van der Waals surface area contributed by atoms with Crippen molar-refractivity contribution in [3.63, 3.8) is 0 Å². The summed E-state index contributed by atoms with van der Waals surface area (Å²) in [5.41, 5.74) is 3.92. The molecule has 1 N–H and O–H groups in total. The number of fused-ring (bicyclic) bond motifs is 1. The van der Waals surface area contributed by atoms with Crippen molar-refractivity contribution in [2.24, 2.45) is 0 Å². The van der Waals surface area contributed by atoms with Crippen LogP contribution in [0.3, 0.4) is 0 Å². The highest BCUT2D eigenvalue weighted by Crippen LogP contribution is 2.36. The van der Waals surface area contributed by atoms with Crippen LogP contribution in [0, 0.1) is 6.92 Å². The van der Waals surface area contributed by atoms with Crippen molar-refractivity contribution in [3.05, 3.63) is 70.4 Å². The second-order valence-electron chi connectivity index (χ2n) is 6.26. The maximum atomic E-state index is 12.5. The molecule has 138 valence electrons. The van der Waals surface area contributed by atoms with E-state index in [4.69, 9.17) is 16.3 Å². The number of rotatable bonds is 5. The van der Waals surface area contributed by atoms with Gasteiger partial charge in [0.1, 0.15) is 11.6 Å². The van der Waals surface area contributed by atoms with Gasteiger partial charge in [-0.2, -0.15) is 16.9 Å². The molecule has 1 aliphatic rings. The van der Waals surface area contributed by atoms with Crippen LogP contribution in [0.4, 0.5) is 5.82 Å². The van der Waals surface area contributed by atoms with Crippen LogP contribution in [-0.2, 0) is 16.3 Å². The Kier molecular flexibility index (Phi) is 5.09. The second-order valence-corrected chi connectivity index (χ2v) is 7.68. The summed E-state index contributed by atoms with van der Waals surface area (Å²) in [4.78, 5) is 12.5. The van der Waals surface area contributed by atoms with Gasteiger partial charge in [0.2, 0.25) is 0 Å². The fraction of sp³-hybridized carbons (Fsp3) is 0.200. The molecule has 0 aliphatic carbocycles. The van der Waals surface area contributed by atoms with Crippen LogP contribution in [0.1, 0.15) is 16.8 Å². The first-order valence-corrected chi connectivity index (χ1v) is 10.1. The molecule has 0 spiro atoms. The van der Waals surface area contributed by atoms with Crippen molar-refractivity contribution in [1.82, 2.24) is 9.78 Å². The first kappa shape index (κ1) is 17.9. The lowest BCUT2D eigenvalue weighted by molar-refractivity contribution is -0.118. The lowest BCUT2D eigenvalue weighted by Crippen LogP contribution is -2.22. The Balaban J connectivity index is 1.55. The number of aromatic nitrogens is 2. The Morgan fingerprint density at radius 1 is 1.22 bits per heavy atom. The average Bonchev–Trinajstić information content (AvgIpc) is 3.24. The molecule has 1 amide bonds. The van der Waals surface area contributed by atoms with Crippen LogP contribution in [0.2, 0.25) is 5.02 Å². The zero-order valence-corrected chi connectivity index (χ0v) is 16.3. The van der Waals surface area contributed by atoms with Crippen LogP contribution in [0.25, 0.3) is 5.69 Å². The molecule has 0 atom stereocenters. The number of nitrogens with zero attached hydrogens (tertiary/aromatic N) is 2. The van der Waals surface area contributed by atoms with Gasteiger partial charge < -0.3 is 10.1 Å². The normalized spacial score (nSPS) is 12.7. The Morgan fingerprint density at radius 2 is 2.00 bits per heavy atom. The third-order valence-electron chi connectivity index (χ3n) is 4.33. The Bertz CT molecular complexity index is 985. The topological polar surface area (TPSA) is 56.1 Å². The highest BCUT2D eigenvalue weighted by atomic mass is 35.5. The number of hydrogen-bond donors (Lipinski definition) is 1. The molecule has 3 aromatic rings. The van der Waals surface area contributed by atoms with E-state index in [1.807, 2.05) is 55.5 Å². The maximum Gasteiger partial charge on any atom is 0.263 e. The summed E-state index contributed by atoms with van der Waals surface area (Å²) in [5, 5.41) is 8.32. The third kappa shape index (κ3) is 3.82. The SMILES string of the molecule is Cc1ccccc1OCC(=O)Nc1c2c(nn1-c1ccc(Cl)cc1)CSC2. The first-order valence-electron chi connectivity index (χ1n) is 8.54. The average molecular weight is 400 g/mol. The number of hydrogen-bond acceptors (Lipinski definition) is 4. The summed E-state index contributed by atoms with van der Waals surface area (Å²) in [6.45, 7) is 1.89. The van der Waals surface area contributed by atoms with Crippen LogP contribution in [0.5, 0.6) is 5.75 Å².